The van der Waals surface area contributed by atoms with Crippen molar-refractivity contribution in [3.8, 4) is 11.5 Å². The van der Waals surface area contributed by atoms with Gasteiger partial charge in [0.2, 0.25) is 5.89 Å². The molecule has 0 atom stereocenters. The van der Waals surface area contributed by atoms with E-state index in [1.807, 2.05) is 0 Å². The molecule has 0 aliphatic rings. The van der Waals surface area contributed by atoms with Crippen molar-refractivity contribution in [1.82, 2.24) is 10.2 Å². The Morgan fingerprint density at radius 3 is 2.35 bits per heavy atom. The zero-order valence-electron chi connectivity index (χ0n) is 11.4. The minimum absolute atomic E-state index is 0.131. The van der Waals surface area contributed by atoms with Crippen LogP contribution in [0.25, 0.3) is 11.5 Å². The highest BCUT2D eigenvalue weighted by Crippen LogP contribution is 2.22. The number of hydrogen-bond donors (Lipinski definition) is 1. The summed E-state index contributed by atoms with van der Waals surface area (Å²) < 4.78 is 32.3. The average Bonchev–Trinajstić information content (AvgIpc) is 2.96. The van der Waals surface area contributed by atoms with Crippen molar-refractivity contribution >= 4 is 23.5 Å². The summed E-state index contributed by atoms with van der Waals surface area (Å²) in [5.41, 5.74) is -0.141. The first-order valence-electron chi connectivity index (χ1n) is 6.39. The predicted octanol–water partition coefficient (Wildman–Crippen LogP) is 3.92. The first-order chi connectivity index (χ1) is 11.0. The second-order valence-corrected chi connectivity index (χ2v) is 4.91. The van der Waals surface area contributed by atoms with Crippen LogP contribution in [0, 0.1) is 11.6 Å². The van der Waals surface area contributed by atoms with Gasteiger partial charge in [0.15, 0.2) is 0 Å². The third kappa shape index (κ3) is 3.19. The fraction of sp³-hybridized carbons (Fsp3) is 0. The van der Waals surface area contributed by atoms with Crippen molar-refractivity contribution in [3.63, 3.8) is 0 Å². The van der Waals surface area contributed by atoms with Crippen LogP contribution >= 0.6 is 11.6 Å². The lowest BCUT2D eigenvalue weighted by Gasteiger charge is -2.03. The number of nitrogens with zero attached hydrogens (tertiary/aromatic N) is 2. The predicted molar refractivity (Wildman–Crippen MR) is 79.1 cm³/mol. The van der Waals surface area contributed by atoms with E-state index in [2.05, 4.69) is 15.5 Å². The zero-order chi connectivity index (χ0) is 16.4. The third-order valence-electron chi connectivity index (χ3n) is 2.93. The van der Waals surface area contributed by atoms with Crippen LogP contribution in [0.15, 0.2) is 46.9 Å². The fourth-order valence-electron chi connectivity index (χ4n) is 1.86. The Kier molecular flexibility index (Phi) is 4.03. The summed E-state index contributed by atoms with van der Waals surface area (Å²) in [6.07, 6.45) is 0. The molecule has 0 unspecified atom stereocenters. The van der Waals surface area contributed by atoms with Gasteiger partial charge in [0.25, 0.3) is 5.91 Å². The fourth-order valence-corrected chi connectivity index (χ4v) is 1.98. The van der Waals surface area contributed by atoms with Crippen molar-refractivity contribution in [3.05, 3.63) is 64.7 Å². The molecule has 23 heavy (non-hydrogen) atoms. The van der Waals surface area contributed by atoms with Crippen LogP contribution in [-0.4, -0.2) is 16.1 Å². The number of carbonyl (C=O) groups excluding carboxylic acids is 1. The highest BCUT2D eigenvalue weighted by atomic mass is 35.5. The number of anilines is 1. The summed E-state index contributed by atoms with van der Waals surface area (Å²) in [5, 5.41) is 10.1. The Balaban J connectivity index is 1.82. The van der Waals surface area contributed by atoms with E-state index in [4.69, 9.17) is 16.0 Å². The smallest absolute Gasteiger partial charge is 0.322 e. The molecule has 0 saturated carbocycles. The first kappa shape index (κ1) is 15.1. The average molecular weight is 336 g/mol. The maximum absolute atomic E-state index is 13.5. The van der Waals surface area contributed by atoms with E-state index in [1.54, 1.807) is 24.3 Å². The van der Waals surface area contributed by atoms with Crippen LogP contribution in [0.4, 0.5) is 14.8 Å². The number of halogens is 3. The molecule has 5 nitrogen and oxygen atoms in total. The van der Waals surface area contributed by atoms with E-state index in [-0.39, 0.29) is 11.9 Å². The van der Waals surface area contributed by atoms with Crippen molar-refractivity contribution in [2.45, 2.75) is 0 Å². The monoisotopic (exact) mass is 335 g/mol. The topological polar surface area (TPSA) is 68.0 Å². The van der Waals surface area contributed by atoms with Crippen molar-refractivity contribution in [1.29, 1.82) is 0 Å². The number of rotatable bonds is 3. The van der Waals surface area contributed by atoms with Crippen LogP contribution in [0.3, 0.4) is 0 Å². The number of hydrogen-bond acceptors (Lipinski definition) is 4. The minimum Gasteiger partial charge on any atom is -0.403 e. The molecule has 8 heteroatoms. The maximum atomic E-state index is 13.5. The van der Waals surface area contributed by atoms with Crippen molar-refractivity contribution in [2.75, 3.05) is 5.32 Å². The van der Waals surface area contributed by atoms with Gasteiger partial charge in [-0.1, -0.05) is 22.8 Å². The van der Waals surface area contributed by atoms with Crippen LogP contribution in [0.2, 0.25) is 5.02 Å². The molecule has 0 radical (unpaired) electrons. The Bertz CT molecular complexity index is 845. The maximum Gasteiger partial charge on any atom is 0.322 e. The highest BCUT2D eigenvalue weighted by molar-refractivity contribution is 6.30. The van der Waals surface area contributed by atoms with Crippen molar-refractivity contribution < 1.29 is 18.0 Å². The summed E-state index contributed by atoms with van der Waals surface area (Å²) in [7, 11) is 0. The molecular weight excluding hydrogens is 328 g/mol. The molecule has 0 spiro atoms. The molecule has 3 aromatic rings. The quantitative estimate of drug-likeness (QED) is 0.787. The molecule has 1 N–H and O–H groups in total. The number of benzene rings is 2. The molecule has 116 valence electrons. The SMILES string of the molecule is O=C(Nc1nnc(-c2ccc(Cl)cc2)o1)c1c(F)cccc1F. The van der Waals surface area contributed by atoms with Gasteiger partial charge in [0, 0.05) is 10.6 Å². The largest absolute Gasteiger partial charge is 0.403 e. The molecule has 0 aliphatic carbocycles. The number of nitrogens with one attached hydrogen (secondary N) is 1. The zero-order valence-corrected chi connectivity index (χ0v) is 12.1. The van der Waals surface area contributed by atoms with Gasteiger partial charge in [0.1, 0.15) is 17.2 Å². The summed E-state index contributed by atoms with van der Waals surface area (Å²) in [6.45, 7) is 0. The number of amides is 1. The van der Waals surface area contributed by atoms with Crippen molar-refractivity contribution in [2.24, 2.45) is 0 Å². The van der Waals surface area contributed by atoms with Gasteiger partial charge >= 0.3 is 6.01 Å². The van der Waals surface area contributed by atoms with Crippen LogP contribution in [0.5, 0.6) is 0 Å². The van der Waals surface area contributed by atoms with Gasteiger partial charge < -0.3 is 4.42 Å². The van der Waals surface area contributed by atoms with Crippen LogP contribution in [-0.2, 0) is 0 Å². The molecule has 1 heterocycles. The van der Waals surface area contributed by atoms with Gasteiger partial charge in [-0.05, 0) is 36.4 Å². The van der Waals surface area contributed by atoms with E-state index < -0.39 is 23.1 Å². The molecule has 2 aromatic carbocycles. The van der Waals surface area contributed by atoms with Gasteiger partial charge in [-0.15, -0.1) is 5.10 Å². The Morgan fingerprint density at radius 1 is 1.04 bits per heavy atom. The van der Waals surface area contributed by atoms with Crippen LogP contribution in [0.1, 0.15) is 10.4 Å². The van der Waals surface area contributed by atoms with E-state index in [0.717, 1.165) is 18.2 Å². The molecule has 0 bridgehead atoms. The Labute approximate surface area is 133 Å². The van der Waals surface area contributed by atoms with E-state index in [0.29, 0.717) is 10.6 Å². The lowest BCUT2D eigenvalue weighted by molar-refractivity contribution is 0.101. The molecule has 1 aromatic heterocycles. The molecule has 0 fully saturated rings. The molecular formula is C15H8ClF2N3O2. The summed E-state index contributed by atoms with van der Waals surface area (Å²) in [4.78, 5) is 11.9. The van der Waals surface area contributed by atoms with Gasteiger partial charge in [-0.2, -0.15) is 0 Å². The van der Waals surface area contributed by atoms with E-state index >= 15 is 0 Å². The van der Waals surface area contributed by atoms with Gasteiger partial charge in [-0.3, -0.25) is 10.1 Å². The lowest BCUT2D eigenvalue weighted by Crippen LogP contribution is -2.16. The second kappa shape index (κ2) is 6.13. The van der Waals surface area contributed by atoms with Gasteiger partial charge in [0.05, 0.1) is 0 Å². The Hall–Kier alpha value is -2.80. The molecule has 3 rings (SSSR count). The normalized spacial score (nSPS) is 10.6. The number of carbonyl (C=O) groups is 1. The van der Waals surface area contributed by atoms with E-state index in [1.165, 1.54) is 0 Å². The molecule has 1 amide bonds. The first-order valence-corrected chi connectivity index (χ1v) is 6.77. The molecule has 0 saturated heterocycles. The van der Waals surface area contributed by atoms with Gasteiger partial charge in [-0.25, -0.2) is 8.78 Å². The summed E-state index contributed by atoms with van der Waals surface area (Å²) in [6, 6.07) is 9.41. The highest BCUT2D eigenvalue weighted by Gasteiger charge is 2.19. The lowest BCUT2D eigenvalue weighted by atomic mass is 10.2. The summed E-state index contributed by atoms with van der Waals surface area (Å²) in [5.74, 6) is -2.86. The number of aromatic nitrogens is 2. The van der Waals surface area contributed by atoms with Crippen LogP contribution < -0.4 is 5.32 Å². The summed E-state index contributed by atoms with van der Waals surface area (Å²) >= 11 is 5.78. The Morgan fingerprint density at radius 2 is 1.70 bits per heavy atom. The third-order valence-corrected chi connectivity index (χ3v) is 3.18. The minimum atomic E-state index is -1.02. The standard InChI is InChI=1S/C15H8ClF2N3O2/c16-9-6-4-8(5-7-9)14-20-21-15(23-14)19-13(22)12-10(17)2-1-3-11(12)18/h1-7H,(H,19,21,22). The molecule has 0 aliphatic heterocycles. The van der Waals surface area contributed by atoms with E-state index in [9.17, 15) is 13.6 Å². The second-order valence-electron chi connectivity index (χ2n) is 4.47.